The minimum Gasteiger partial charge on any atom is -0.406 e. The number of nitrogens with zero attached hydrogens (tertiary/aromatic N) is 3. The van der Waals surface area contributed by atoms with E-state index in [4.69, 9.17) is 5.26 Å². The second kappa shape index (κ2) is 10.4. The number of halogens is 3. The summed E-state index contributed by atoms with van der Waals surface area (Å²) in [7, 11) is 0. The van der Waals surface area contributed by atoms with Crippen LogP contribution in [0.2, 0.25) is 0 Å². The zero-order chi connectivity index (χ0) is 25.7. The number of nitriles is 1. The molecule has 1 aliphatic rings. The van der Waals surface area contributed by atoms with E-state index in [1.165, 1.54) is 24.3 Å². The van der Waals surface area contributed by atoms with Crippen LogP contribution < -0.4 is 15.0 Å². The molecule has 0 spiro atoms. The number of nitrogens with one attached hydrogen (secondary N) is 1. The quantitative estimate of drug-likeness (QED) is 0.488. The number of ether oxygens (including phenoxy) is 1. The van der Waals surface area contributed by atoms with Crippen molar-refractivity contribution in [3.05, 3.63) is 89.5 Å². The molecule has 0 atom stereocenters. The van der Waals surface area contributed by atoms with Crippen LogP contribution in [0.1, 0.15) is 27.9 Å². The number of benzene rings is 3. The van der Waals surface area contributed by atoms with Gasteiger partial charge in [-0.2, -0.15) is 5.26 Å². The van der Waals surface area contributed by atoms with Gasteiger partial charge in [0.05, 0.1) is 11.6 Å². The molecule has 1 fully saturated rings. The third-order valence-corrected chi connectivity index (χ3v) is 5.49. The number of carbonyl (C=O) groups is 2. The Morgan fingerprint density at radius 3 is 2.58 bits per heavy atom. The molecule has 0 unspecified atom stereocenters. The summed E-state index contributed by atoms with van der Waals surface area (Å²) in [4.78, 5) is 28.9. The minimum atomic E-state index is -4.80. The molecule has 184 valence electrons. The standard InChI is InChI=1S/C26H21F3N4O3/c27-26(28,29)36-23-10-2-6-19(14-23)17-32-11-4-12-33(25(32)35)22-9-3-8-21(15-22)31-24(34)20-7-1-5-18(13-20)16-30/h1-3,5-10,13-15H,4,11-12,17H2,(H,31,34). The Bertz CT molecular complexity index is 1320. The smallest absolute Gasteiger partial charge is 0.406 e. The van der Waals surface area contributed by atoms with Gasteiger partial charge in [0.2, 0.25) is 0 Å². The highest BCUT2D eigenvalue weighted by Gasteiger charge is 2.31. The first-order valence-corrected chi connectivity index (χ1v) is 11.0. The summed E-state index contributed by atoms with van der Waals surface area (Å²) < 4.78 is 41.6. The van der Waals surface area contributed by atoms with Crippen molar-refractivity contribution in [2.24, 2.45) is 0 Å². The van der Waals surface area contributed by atoms with Crippen molar-refractivity contribution in [3.63, 3.8) is 0 Å². The number of hydrogen-bond acceptors (Lipinski definition) is 4. The number of anilines is 2. The molecule has 1 heterocycles. The summed E-state index contributed by atoms with van der Waals surface area (Å²) in [6.07, 6.45) is -4.14. The lowest BCUT2D eigenvalue weighted by Crippen LogP contribution is -2.49. The predicted molar refractivity (Wildman–Crippen MR) is 126 cm³/mol. The van der Waals surface area contributed by atoms with Crippen molar-refractivity contribution in [3.8, 4) is 11.8 Å². The Labute approximate surface area is 205 Å². The van der Waals surface area contributed by atoms with Crippen LogP contribution in [-0.4, -0.2) is 36.3 Å². The largest absolute Gasteiger partial charge is 0.573 e. The third kappa shape index (κ3) is 6.13. The molecule has 0 radical (unpaired) electrons. The molecule has 0 saturated carbocycles. The van der Waals surface area contributed by atoms with Crippen LogP contribution >= 0.6 is 0 Å². The van der Waals surface area contributed by atoms with Gasteiger partial charge in [-0.1, -0.05) is 24.3 Å². The second-order valence-corrected chi connectivity index (χ2v) is 8.10. The van der Waals surface area contributed by atoms with Gasteiger partial charge in [0, 0.05) is 36.6 Å². The van der Waals surface area contributed by atoms with Crippen molar-refractivity contribution in [2.45, 2.75) is 19.3 Å². The van der Waals surface area contributed by atoms with Gasteiger partial charge in [0.1, 0.15) is 5.75 Å². The first-order valence-electron chi connectivity index (χ1n) is 11.0. The Kier molecular flexibility index (Phi) is 7.10. The van der Waals surface area contributed by atoms with E-state index in [-0.39, 0.29) is 18.3 Å². The molecular weight excluding hydrogens is 473 g/mol. The number of hydrogen-bond donors (Lipinski definition) is 1. The molecule has 3 amide bonds. The van der Waals surface area contributed by atoms with Crippen LogP contribution in [-0.2, 0) is 6.54 Å². The molecule has 1 aliphatic heterocycles. The Morgan fingerprint density at radius 2 is 1.81 bits per heavy atom. The Hall–Kier alpha value is -4.52. The molecule has 1 N–H and O–H groups in total. The molecule has 3 aromatic carbocycles. The normalized spacial score (nSPS) is 13.8. The first kappa shape index (κ1) is 24.6. The van der Waals surface area contributed by atoms with E-state index in [1.54, 1.807) is 58.3 Å². The summed E-state index contributed by atoms with van der Waals surface area (Å²) in [5.74, 6) is -0.734. The van der Waals surface area contributed by atoms with E-state index in [0.29, 0.717) is 47.6 Å². The molecule has 10 heteroatoms. The van der Waals surface area contributed by atoms with Gasteiger partial charge in [0.15, 0.2) is 0 Å². The van der Waals surface area contributed by atoms with E-state index < -0.39 is 12.3 Å². The Balaban J connectivity index is 1.46. The highest BCUT2D eigenvalue weighted by Crippen LogP contribution is 2.27. The highest BCUT2D eigenvalue weighted by atomic mass is 19.4. The zero-order valence-electron chi connectivity index (χ0n) is 19.0. The van der Waals surface area contributed by atoms with Crippen molar-refractivity contribution in [1.29, 1.82) is 5.26 Å². The average molecular weight is 494 g/mol. The monoisotopic (exact) mass is 494 g/mol. The lowest BCUT2D eigenvalue weighted by atomic mass is 10.1. The molecule has 36 heavy (non-hydrogen) atoms. The molecule has 3 aromatic rings. The first-order chi connectivity index (χ1) is 17.2. The highest BCUT2D eigenvalue weighted by molar-refractivity contribution is 6.05. The van der Waals surface area contributed by atoms with Gasteiger partial charge in [-0.3, -0.25) is 9.69 Å². The lowest BCUT2D eigenvalue weighted by Gasteiger charge is -2.36. The molecule has 0 aromatic heterocycles. The van der Waals surface area contributed by atoms with Crippen LogP contribution in [0.25, 0.3) is 0 Å². The lowest BCUT2D eigenvalue weighted by molar-refractivity contribution is -0.274. The Morgan fingerprint density at radius 1 is 1.03 bits per heavy atom. The number of alkyl halides is 3. The molecule has 1 saturated heterocycles. The molecule has 7 nitrogen and oxygen atoms in total. The van der Waals surface area contributed by atoms with Crippen LogP contribution in [0.4, 0.5) is 29.3 Å². The minimum absolute atomic E-state index is 0.121. The SMILES string of the molecule is N#Cc1cccc(C(=O)Nc2cccc(N3CCCN(Cc4cccc(OC(F)(F)F)c4)C3=O)c2)c1. The van der Waals surface area contributed by atoms with Gasteiger partial charge < -0.3 is 15.0 Å². The predicted octanol–water partition coefficient (Wildman–Crippen LogP) is 5.54. The van der Waals surface area contributed by atoms with Crippen LogP contribution in [0.15, 0.2) is 72.8 Å². The molecule has 0 aliphatic carbocycles. The fourth-order valence-electron chi connectivity index (χ4n) is 3.91. The second-order valence-electron chi connectivity index (χ2n) is 8.10. The maximum Gasteiger partial charge on any atom is 0.573 e. The number of amides is 3. The third-order valence-electron chi connectivity index (χ3n) is 5.49. The maximum atomic E-state index is 13.2. The summed E-state index contributed by atoms with van der Waals surface area (Å²) in [6.45, 7) is 1.02. The number of urea groups is 1. The van der Waals surface area contributed by atoms with Gasteiger partial charge in [0.25, 0.3) is 5.91 Å². The van der Waals surface area contributed by atoms with Crippen molar-refractivity contribution in [2.75, 3.05) is 23.3 Å². The fraction of sp³-hybridized carbons (Fsp3) is 0.192. The fourth-order valence-corrected chi connectivity index (χ4v) is 3.91. The van der Waals surface area contributed by atoms with Crippen molar-refractivity contribution in [1.82, 2.24) is 4.90 Å². The maximum absolute atomic E-state index is 13.2. The zero-order valence-corrected chi connectivity index (χ0v) is 19.0. The van der Waals surface area contributed by atoms with Crippen molar-refractivity contribution >= 4 is 23.3 Å². The van der Waals surface area contributed by atoms with E-state index in [9.17, 15) is 22.8 Å². The van der Waals surface area contributed by atoms with E-state index >= 15 is 0 Å². The van der Waals surface area contributed by atoms with Gasteiger partial charge in [-0.05, 0) is 60.5 Å². The summed E-state index contributed by atoms with van der Waals surface area (Å²) in [5, 5.41) is 11.8. The number of carbonyl (C=O) groups excluding carboxylic acids is 2. The summed E-state index contributed by atoms with van der Waals surface area (Å²) in [5.41, 5.74) is 2.25. The average Bonchev–Trinajstić information content (AvgIpc) is 2.85. The van der Waals surface area contributed by atoms with Crippen LogP contribution in [0, 0.1) is 11.3 Å². The van der Waals surface area contributed by atoms with Gasteiger partial charge in [-0.25, -0.2) is 4.79 Å². The molecule has 0 bridgehead atoms. The van der Waals surface area contributed by atoms with Gasteiger partial charge >= 0.3 is 12.4 Å². The van der Waals surface area contributed by atoms with Crippen LogP contribution in [0.5, 0.6) is 5.75 Å². The molecular formula is C26H21F3N4O3. The number of rotatable bonds is 6. The van der Waals surface area contributed by atoms with Crippen LogP contribution in [0.3, 0.4) is 0 Å². The summed E-state index contributed by atoms with van der Waals surface area (Å²) in [6, 6.07) is 20.4. The van der Waals surface area contributed by atoms with E-state index in [0.717, 1.165) is 0 Å². The topological polar surface area (TPSA) is 85.7 Å². The van der Waals surface area contributed by atoms with E-state index in [2.05, 4.69) is 10.1 Å². The van der Waals surface area contributed by atoms with E-state index in [1.807, 2.05) is 6.07 Å². The summed E-state index contributed by atoms with van der Waals surface area (Å²) >= 11 is 0. The van der Waals surface area contributed by atoms with Crippen molar-refractivity contribution < 1.29 is 27.5 Å². The van der Waals surface area contributed by atoms with Gasteiger partial charge in [-0.15, -0.1) is 13.2 Å². The molecule has 4 rings (SSSR count).